The van der Waals surface area contributed by atoms with E-state index in [1.807, 2.05) is 0 Å². The van der Waals surface area contributed by atoms with Gasteiger partial charge in [0, 0.05) is 96.7 Å². The van der Waals surface area contributed by atoms with Gasteiger partial charge in [-0.05, 0) is 135 Å². The number of ether oxygens (including phenoxy) is 6. The minimum absolute atomic E-state index is 0. The normalized spacial score (nSPS) is 12.0. The summed E-state index contributed by atoms with van der Waals surface area (Å²) in [5.41, 5.74) is 6.08. The van der Waals surface area contributed by atoms with Gasteiger partial charge in [-0.25, -0.2) is 9.59 Å². The molecule has 0 aliphatic carbocycles. The van der Waals surface area contributed by atoms with Crippen LogP contribution in [0.15, 0.2) is 164 Å². The summed E-state index contributed by atoms with van der Waals surface area (Å²) in [5.74, 6) is -0.829. The number of halogens is 7. The minimum Gasteiger partial charge on any atom is -1.00 e. The number of hydrogen-bond donors (Lipinski definition) is 5. The van der Waals surface area contributed by atoms with Crippen molar-refractivity contribution in [2.24, 2.45) is 0 Å². The third kappa shape index (κ3) is 32.4. The number of aromatic hydroxyl groups is 1. The third-order valence-corrected chi connectivity index (χ3v) is 14.0. The Morgan fingerprint density at radius 2 is 0.947 bits per heavy atom. The second-order valence-electron chi connectivity index (χ2n) is 17.6. The van der Waals surface area contributed by atoms with Crippen LogP contribution in [-0.4, -0.2) is 98.4 Å². The van der Waals surface area contributed by atoms with Crippen LogP contribution < -0.4 is 118 Å². The topological polar surface area (TPSA) is 282 Å². The average molecular weight is 1550 g/mol. The van der Waals surface area contributed by atoms with Gasteiger partial charge in [-0.15, -0.1) is 0 Å². The third-order valence-electron chi connectivity index (χ3n) is 11.6. The van der Waals surface area contributed by atoms with E-state index in [0.717, 1.165) is 36.4 Å². The van der Waals surface area contributed by atoms with E-state index in [-0.39, 0.29) is 172 Å². The van der Waals surface area contributed by atoms with E-state index in [1.165, 1.54) is 0 Å². The van der Waals surface area contributed by atoms with Crippen LogP contribution >= 0.6 is 85.5 Å². The molecule has 0 amide bonds. The number of hydrogen-bond acceptors (Lipinski definition) is 16. The van der Waals surface area contributed by atoms with Crippen molar-refractivity contribution in [2.45, 2.75) is 87.1 Å². The van der Waals surface area contributed by atoms with Gasteiger partial charge in [-0.1, -0.05) is 159 Å². The minimum atomic E-state index is -1.18. The first-order valence-electron chi connectivity index (χ1n) is 26.1. The maximum Gasteiger partial charge on any atom is 1.00 e. The summed E-state index contributed by atoms with van der Waals surface area (Å²) in [4.78, 5) is 46.3. The van der Waals surface area contributed by atoms with Gasteiger partial charge in [-0.3, -0.25) is 24.9 Å². The summed E-state index contributed by atoms with van der Waals surface area (Å²) in [5, 5.41) is 50.9. The molecule has 0 bridgehead atoms. The van der Waals surface area contributed by atoms with E-state index in [9.17, 15) is 24.6 Å². The van der Waals surface area contributed by atoms with Crippen LogP contribution in [0.25, 0.3) is 33.8 Å². The number of phenolic OH excluding ortho intramolecular Hbond substituents is 1. The Morgan fingerprint density at radius 1 is 0.589 bits per heavy atom. The molecular formula is C66H77BrCl6K2N6O14. The quantitative estimate of drug-likeness (QED) is 0.0141. The zero-order valence-electron chi connectivity index (χ0n) is 49.8. The Bertz CT molecular complexity index is 3560. The van der Waals surface area contributed by atoms with Crippen LogP contribution in [0.4, 0.5) is 0 Å². The van der Waals surface area contributed by atoms with Gasteiger partial charge in [0.2, 0.25) is 12.2 Å². The molecule has 6 aromatic carbocycles. The molecule has 3 aromatic heterocycles. The van der Waals surface area contributed by atoms with Crippen molar-refractivity contribution in [1.29, 1.82) is 0 Å². The number of methoxy groups -OCH3 is 1. The Balaban J connectivity index is -0.000000557. The van der Waals surface area contributed by atoms with E-state index in [2.05, 4.69) is 51.4 Å². The smallest absolute Gasteiger partial charge is 1.00 e. The summed E-state index contributed by atoms with van der Waals surface area (Å²) < 4.78 is 31.8. The number of phenols is 1. The first-order valence-corrected chi connectivity index (χ1v) is 29.3. The van der Waals surface area contributed by atoms with Crippen LogP contribution in [0.2, 0.25) is 30.1 Å². The van der Waals surface area contributed by atoms with Crippen molar-refractivity contribution in [3.63, 3.8) is 0 Å². The Hall–Kier alpha value is -4.40. The number of H-pyrrole nitrogens is 3. The van der Waals surface area contributed by atoms with Crippen molar-refractivity contribution in [3.8, 4) is 51.0 Å². The Labute approximate surface area is 680 Å². The fourth-order valence-corrected chi connectivity index (χ4v) is 8.88. The van der Waals surface area contributed by atoms with Crippen LogP contribution in [0.5, 0.6) is 17.2 Å². The SMILES string of the molecule is C.C.C.C.C.CCOC(=O)C(Br)c1ccc(Cl)cc1.CCOC(=O)C(Oc1ccc(Cl)cc1-c1ccn[nH]1)c1ccc(Cl)cc1.COC1CCCO1.O=C(O)C(Oc1ccc(Cl)cc1-c1ccn[nH]1)c1ccc(Cl)cc1.O=CO[O-].Oc1ccc(Cl)cc1-c1ccn[nH]1.[H-].[K+].[K+]. The first-order chi connectivity index (χ1) is 42.4. The molecule has 0 saturated carbocycles. The molecule has 1 fully saturated rings. The van der Waals surface area contributed by atoms with E-state index < -0.39 is 29.0 Å². The number of aromatic nitrogens is 6. The van der Waals surface area contributed by atoms with Gasteiger partial charge in [0.1, 0.15) is 22.1 Å². The van der Waals surface area contributed by atoms with Crippen molar-refractivity contribution >= 4 is 110 Å². The Morgan fingerprint density at radius 3 is 1.29 bits per heavy atom. The average Bonchev–Trinajstić information content (AvgIpc) is 1.37. The summed E-state index contributed by atoms with van der Waals surface area (Å²) >= 11 is 38.7. The fraction of sp³-hybridized carbons (Fsp3) is 0.258. The van der Waals surface area contributed by atoms with Gasteiger partial charge < -0.3 is 50.2 Å². The number of rotatable bonds is 17. The molecule has 20 nitrogen and oxygen atoms in total. The number of carboxylic acid groups (broad SMARTS) is 1. The molecule has 1 aliphatic rings. The summed E-state index contributed by atoms with van der Waals surface area (Å²) in [6, 6.07) is 40.7. The number of carbonyl (C=O) groups excluding carboxylic acids is 3. The van der Waals surface area contributed by atoms with Gasteiger partial charge >= 0.3 is 121 Å². The van der Waals surface area contributed by atoms with E-state index in [1.54, 1.807) is 185 Å². The van der Waals surface area contributed by atoms with Crippen molar-refractivity contribution in [1.82, 2.24) is 30.6 Å². The molecule has 29 heteroatoms. The predicted octanol–water partition coefficient (Wildman–Crippen LogP) is 11.9. The largest absolute Gasteiger partial charge is 1.00 e. The van der Waals surface area contributed by atoms with Gasteiger partial charge in [0.25, 0.3) is 6.47 Å². The van der Waals surface area contributed by atoms with Crippen LogP contribution in [0.1, 0.15) is 99.0 Å². The maximum absolute atomic E-state index is 12.5. The van der Waals surface area contributed by atoms with Crippen molar-refractivity contribution in [3.05, 3.63) is 211 Å². The van der Waals surface area contributed by atoms with Crippen molar-refractivity contribution in [2.75, 3.05) is 26.9 Å². The number of nitrogens with one attached hydrogen (secondary N) is 3. The number of esters is 2. The number of aliphatic carboxylic acids is 1. The summed E-state index contributed by atoms with van der Waals surface area (Å²) in [6.07, 6.45) is 5.04. The molecule has 4 atom stereocenters. The molecule has 95 heavy (non-hydrogen) atoms. The molecule has 5 N–H and O–H groups in total. The van der Waals surface area contributed by atoms with Crippen molar-refractivity contribution < 1.29 is 172 Å². The number of carboxylic acids is 1. The van der Waals surface area contributed by atoms with Crippen LogP contribution in [-0.2, 0) is 43.0 Å². The summed E-state index contributed by atoms with van der Waals surface area (Å²) in [7, 11) is 1.68. The fourth-order valence-electron chi connectivity index (χ4n) is 7.55. The monoisotopic (exact) mass is 1540 g/mol. The molecule has 10 rings (SSSR count). The number of alkyl halides is 1. The van der Waals surface area contributed by atoms with E-state index in [0.29, 0.717) is 81.8 Å². The molecular weight excluding hydrogens is 1470 g/mol. The molecule has 1 aliphatic heterocycles. The molecule has 1 saturated heterocycles. The van der Waals surface area contributed by atoms with Gasteiger partial charge in [0.05, 0.1) is 30.3 Å². The molecule has 0 radical (unpaired) electrons. The van der Waals surface area contributed by atoms with Gasteiger partial charge in [-0.2, -0.15) is 15.3 Å². The number of benzene rings is 6. The Kier molecular flexibility index (Phi) is 51.6. The second kappa shape index (κ2) is 51.7. The van der Waals surface area contributed by atoms with E-state index in [4.69, 9.17) is 108 Å². The number of carbonyl (C=O) groups is 4. The van der Waals surface area contributed by atoms with Crippen LogP contribution in [0, 0.1) is 0 Å². The second-order valence-corrected chi connectivity index (χ2v) is 21.1. The molecule has 4 unspecified atom stereocenters. The zero-order chi connectivity index (χ0) is 64.0. The van der Waals surface area contributed by atoms with Crippen LogP contribution in [0.3, 0.4) is 0 Å². The first kappa shape index (κ1) is 94.8. The molecule has 0 spiro atoms. The number of nitrogens with zero attached hydrogens (tertiary/aromatic N) is 3. The molecule has 4 heterocycles. The van der Waals surface area contributed by atoms with E-state index >= 15 is 0 Å². The maximum atomic E-state index is 12.5. The standard InChI is InChI=1S/C19H16Cl2N2O3.C17H12Cl2N2O3.C10H10BrClO2.C9H7ClN2O.C5H10O2.CH2O3.5CH4.2K.H/c1-2-25-19(24)18(12-3-5-13(20)6-4-12)26-17-8-7-14(21)11-15(17)16-9-10-22-23-16;18-11-3-1-10(2-4-11)16(17(22)23)24-15-6-5-12(19)9-13(15)14-7-8-20-21-14;1-2-14-10(13)9(11)7-3-5-8(12)6-4-7;10-6-1-2-9(13)7(5-6)8-3-4-11-12-8;1-6-5-3-2-4-7-5;2-1-4-3;;;;;;;;/h3-11,18H,2H2,1H3,(H,22,23);1-9,16H,(H,20,21)(H,22,23);3-6,9H,2H2,1H3;1-5,13H,(H,11,12);5H,2-4H2,1H3;1,3H;5*1H4;;;/q;;;;;;;;;;;2*+1;-1/p-1. The summed E-state index contributed by atoms with van der Waals surface area (Å²) in [6.45, 7) is 4.85. The molecule has 506 valence electrons. The molecule has 9 aromatic rings. The predicted molar refractivity (Wildman–Crippen MR) is 370 cm³/mol. The zero-order valence-corrected chi connectivity index (χ0v) is 61.2. The van der Waals surface area contributed by atoms with Gasteiger partial charge in [0.15, 0.2) is 6.29 Å². The number of aromatic amines is 3.